The van der Waals surface area contributed by atoms with Crippen LogP contribution in [-0.2, 0) is 14.4 Å². The molecule has 3 N–H and O–H groups in total. The number of nitrogens with two attached hydrogens (primary N) is 1. The predicted octanol–water partition coefficient (Wildman–Crippen LogP) is 6.54. The van der Waals surface area contributed by atoms with Crippen LogP contribution < -0.4 is 11.1 Å². The molecule has 2 amide bonds. The summed E-state index contributed by atoms with van der Waals surface area (Å²) in [7, 11) is 0. The average molecular weight is 581 g/mol. The summed E-state index contributed by atoms with van der Waals surface area (Å²) in [6.07, 6.45) is 0.308. The number of alkyl halides is 3. The second-order valence-corrected chi connectivity index (χ2v) is 9.27. The number of benzene rings is 4. The van der Waals surface area contributed by atoms with E-state index in [2.05, 4.69) is 59.6 Å². The van der Waals surface area contributed by atoms with Gasteiger partial charge >= 0.3 is 5.51 Å². The number of hydrogen-bond donors (Lipinski definition) is 2. The smallest absolute Gasteiger partial charge is 0.369 e. The van der Waals surface area contributed by atoms with Crippen LogP contribution in [0.3, 0.4) is 0 Å². The number of primary amides is 1. The molecule has 0 aliphatic rings. The summed E-state index contributed by atoms with van der Waals surface area (Å²) in [5.74, 6) is -2.47. The monoisotopic (exact) mass is 580 g/mol. The van der Waals surface area contributed by atoms with Crippen LogP contribution in [0.4, 0.5) is 18.9 Å². The number of amides is 2. The second-order valence-electron chi connectivity index (χ2n) is 8.10. The Labute approximate surface area is 239 Å². The molecule has 41 heavy (non-hydrogen) atoms. The van der Waals surface area contributed by atoms with Gasteiger partial charge in [0.1, 0.15) is 6.29 Å². The van der Waals surface area contributed by atoms with Gasteiger partial charge in [-0.3, -0.25) is 14.4 Å². The van der Waals surface area contributed by atoms with E-state index >= 15 is 0 Å². The Morgan fingerprint density at radius 1 is 0.732 bits per heavy atom. The summed E-state index contributed by atoms with van der Waals surface area (Å²) in [5, 5.41) is 0.430. The first kappa shape index (κ1) is 32.5. The maximum Gasteiger partial charge on any atom is 0.443 e. The van der Waals surface area contributed by atoms with E-state index in [0.29, 0.717) is 12.0 Å². The number of rotatable bonds is 8. The SMILES string of the molecule is NC(=O)CC=O.O=C(Nc1ccccc1)C(SC(F)(F)F)C(=O)c1ccccc1.c1ccc(-c2ccccc2)cc1. The van der Waals surface area contributed by atoms with E-state index in [1.165, 1.54) is 47.5 Å². The molecule has 0 heterocycles. The van der Waals surface area contributed by atoms with Crippen LogP contribution in [0.1, 0.15) is 16.8 Å². The normalized spacial score (nSPS) is 10.9. The first-order chi connectivity index (χ1) is 19.6. The minimum absolute atomic E-state index is 0.0532. The minimum Gasteiger partial charge on any atom is -0.369 e. The number of hydrogen-bond acceptors (Lipinski definition) is 5. The lowest BCUT2D eigenvalue weighted by Gasteiger charge is -2.17. The number of aldehydes is 1. The molecule has 0 bridgehead atoms. The van der Waals surface area contributed by atoms with Crippen LogP contribution >= 0.6 is 11.8 Å². The standard InChI is InChI=1S/C16H12F3NO2S.C12H10.C3H5NO2/c17-16(18,19)23-14(13(21)11-7-3-1-4-8-11)15(22)20-12-9-5-2-6-10-12;1-3-7-11(8-4-1)12-9-5-2-6-10-12;4-3(6)1-2-5/h1-10,14H,(H,20,22);1-10H;2H,1H2,(H2,4,6). The molecule has 4 aromatic carbocycles. The molecule has 0 aliphatic carbocycles. The molecule has 0 spiro atoms. The molecule has 0 saturated heterocycles. The number of Topliss-reactive ketones (excluding diaryl/α,β-unsaturated/α-hetero) is 1. The summed E-state index contributed by atoms with van der Waals surface area (Å²) in [5.41, 5.74) is 2.76. The molecule has 0 radical (unpaired) electrons. The minimum atomic E-state index is -4.71. The van der Waals surface area contributed by atoms with E-state index < -0.39 is 40.1 Å². The summed E-state index contributed by atoms with van der Waals surface area (Å²) < 4.78 is 38.1. The molecule has 0 aromatic heterocycles. The summed E-state index contributed by atoms with van der Waals surface area (Å²) in [6.45, 7) is 0. The van der Waals surface area contributed by atoms with Gasteiger partial charge in [0, 0.05) is 11.3 Å². The zero-order chi connectivity index (χ0) is 30.1. The number of para-hydroxylation sites is 1. The summed E-state index contributed by atoms with van der Waals surface area (Å²) in [4.78, 5) is 43.3. The van der Waals surface area contributed by atoms with E-state index in [9.17, 15) is 32.3 Å². The quantitative estimate of drug-likeness (QED) is 0.140. The highest BCUT2D eigenvalue weighted by Crippen LogP contribution is 2.36. The van der Waals surface area contributed by atoms with Gasteiger partial charge in [-0.05, 0) is 35.0 Å². The van der Waals surface area contributed by atoms with Crippen LogP contribution in [0.2, 0.25) is 0 Å². The van der Waals surface area contributed by atoms with Crippen molar-refractivity contribution in [3.8, 4) is 11.1 Å². The number of carbonyl (C=O) groups is 4. The van der Waals surface area contributed by atoms with E-state index in [0.717, 1.165) is 0 Å². The number of thioether (sulfide) groups is 1. The van der Waals surface area contributed by atoms with Crippen LogP contribution in [0.15, 0.2) is 121 Å². The third-order valence-corrected chi connectivity index (χ3v) is 5.92. The van der Waals surface area contributed by atoms with Crippen molar-refractivity contribution in [3.63, 3.8) is 0 Å². The fourth-order valence-corrected chi connectivity index (χ4v) is 3.86. The van der Waals surface area contributed by atoms with Gasteiger partial charge in [0.2, 0.25) is 11.8 Å². The topological polar surface area (TPSA) is 106 Å². The molecular weight excluding hydrogens is 553 g/mol. The maximum atomic E-state index is 12.7. The molecule has 10 heteroatoms. The van der Waals surface area contributed by atoms with Crippen molar-refractivity contribution in [2.45, 2.75) is 17.2 Å². The molecule has 4 aromatic rings. The molecule has 6 nitrogen and oxygen atoms in total. The Morgan fingerprint density at radius 2 is 1.15 bits per heavy atom. The van der Waals surface area contributed by atoms with Gasteiger partial charge in [-0.1, -0.05) is 109 Å². The summed E-state index contributed by atoms with van der Waals surface area (Å²) >= 11 is -0.629. The van der Waals surface area contributed by atoms with Crippen molar-refractivity contribution in [3.05, 3.63) is 127 Å². The van der Waals surface area contributed by atoms with Gasteiger partial charge in [0.05, 0.1) is 6.42 Å². The van der Waals surface area contributed by atoms with E-state index in [4.69, 9.17) is 0 Å². The van der Waals surface area contributed by atoms with Crippen molar-refractivity contribution in [2.24, 2.45) is 5.73 Å². The zero-order valence-electron chi connectivity index (χ0n) is 21.7. The molecule has 0 fully saturated rings. The van der Waals surface area contributed by atoms with Crippen molar-refractivity contribution in [1.29, 1.82) is 0 Å². The largest absolute Gasteiger partial charge is 0.443 e. The van der Waals surface area contributed by atoms with E-state index in [1.54, 1.807) is 24.3 Å². The Bertz CT molecular complexity index is 1330. The van der Waals surface area contributed by atoms with Crippen molar-refractivity contribution >= 4 is 41.3 Å². The highest BCUT2D eigenvalue weighted by molar-refractivity contribution is 8.02. The average Bonchev–Trinajstić information content (AvgIpc) is 2.97. The molecule has 4 rings (SSSR count). The first-order valence-corrected chi connectivity index (χ1v) is 13.0. The number of anilines is 1. The highest BCUT2D eigenvalue weighted by atomic mass is 32.2. The van der Waals surface area contributed by atoms with Crippen LogP contribution in [0.25, 0.3) is 11.1 Å². The maximum absolute atomic E-state index is 12.7. The number of halogens is 3. The molecule has 212 valence electrons. The number of carbonyl (C=O) groups excluding carboxylic acids is 4. The number of ketones is 1. The van der Waals surface area contributed by atoms with Crippen molar-refractivity contribution in [2.75, 3.05) is 5.32 Å². The Kier molecular flexibility index (Phi) is 13.5. The van der Waals surface area contributed by atoms with E-state index in [1.807, 2.05) is 12.1 Å². The van der Waals surface area contributed by atoms with Gasteiger partial charge < -0.3 is 15.8 Å². The predicted molar refractivity (Wildman–Crippen MR) is 155 cm³/mol. The Balaban J connectivity index is 0.000000269. The molecule has 1 atom stereocenters. The fraction of sp³-hybridized carbons (Fsp3) is 0.0968. The fourth-order valence-electron chi connectivity index (χ4n) is 3.19. The van der Waals surface area contributed by atoms with Crippen LogP contribution in [0, 0.1) is 0 Å². The molecule has 0 aliphatic heterocycles. The third kappa shape index (κ3) is 12.8. The Morgan fingerprint density at radius 3 is 1.51 bits per heavy atom. The lowest BCUT2D eigenvalue weighted by Crippen LogP contribution is -2.34. The molecular formula is C31H27F3N2O4S. The zero-order valence-corrected chi connectivity index (χ0v) is 22.5. The van der Waals surface area contributed by atoms with Crippen molar-refractivity contribution < 1.29 is 32.3 Å². The third-order valence-electron chi connectivity index (χ3n) is 4.99. The van der Waals surface area contributed by atoms with Gasteiger partial charge in [-0.25, -0.2) is 0 Å². The molecule has 0 saturated carbocycles. The molecule has 1 unspecified atom stereocenters. The van der Waals surface area contributed by atoms with Crippen molar-refractivity contribution in [1.82, 2.24) is 0 Å². The number of nitrogens with one attached hydrogen (secondary N) is 1. The van der Waals surface area contributed by atoms with Gasteiger partial charge in [-0.2, -0.15) is 13.2 Å². The second kappa shape index (κ2) is 17.1. The van der Waals surface area contributed by atoms with E-state index in [-0.39, 0.29) is 12.0 Å². The highest BCUT2D eigenvalue weighted by Gasteiger charge is 2.40. The lowest BCUT2D eigenvalue weighted by molar-refractivity contribution is -0.121. The van der Waals surface area contributed by atoms with Gasteiger partial charge in [0.15, 0.2) is 11.0 Å². The van der Waals surface area contributed by atoms with Crippen LogP contribution in [-0.4, -0.2) is 34.6 Å². The lowest BCUT2D eigenvalue weighted by atomic mass is 10.1. The van der Waals surface area contributed by atoms with Gasteiger partial charge in [-0.15, -0.1) is 0 Å². The van der Waals surface area contributed by atoms with Crippen LogP contribution in [0.5, 0.6) is 0 Å². The van der Waals surface area contributed by atoms with Gasteiger partial charge in [0.25, 0.3) is 0 Å². The summed E-state index contributed by atoms with van der Waals surface area (Å²) in [6, 6.07) is 36.2. The Hall–Kier alpha value is -4.70. The first-order valence-electron chi connectivity index (χ1n) is 12.1.